The van der Waals surface area contributed by atoms with Crippen molar-refractivity contribution in [3.8, 4) is 0 Å². The lowest BCUT2D eigenvalue weighted by molar-refractivity contribution is 1.40. The zero-order valence-electron chi connectivity index (χ0n) is 9.60. The summed E-state index contributed by atoms with van der Waals surface area (Å²) in [7, 11) is 0. The lowest BCUT2D eigenvalue weighted by atomic mass is 10.2. The first-order valence-electron chi connectivity index (χ1n) is 5.44. The SMILES string of the molecule is C=Cc1ccc(Sc2ccc(C=C)cc2)cc1. The van der Waals surface area contributed by atoms with Crippen molar-refractivity contribution in [2.24, 2.45) is 0 Å². The van der Waals surface area contributed by atoms with Crippen LogP contribution in [0, 0.1) is 0 Å². The molecule has 2 aromatic carbocycles. The molecule has 0 bridgehead atoms. The van der Waals surface area contributed by atoms with E-state index in [9.17, 15) is 0 Å². The molecule has 0 radical (unpaired) electrons. The molecule has 0 aliphatic carbocycles. The smallest absolute Gasteiger partial charge is 0.0122 e. The molecule has 0 heterocycles. The van der Waals surface area contributed by atoms with Crippen LogP contribution in [0.25, 0.3) is 12.2 Å². The van der Waals surface area contributed by atoms with Gasteiger partial charge in [0.15, 0.2) is 0 Å². The van der Waals surface area contributed by atoms with Gasteiger partial charge in [-0.25, -0.2) is 0 Å². The maximum atomic E-state index is 3.75. The second-order valence-electron chi connectivity index (χ2n) is 3.65. The van der Waals surface area contributed by atoms with Crippen molar-refractivity contribution in [3.63, 3.8) is 0 Å². The summed E-state index contributed by atoms with van der Waals surface area (Å²) in [5, 5.41) is 0. The summed E-state index contributed by atoms with van der Waals surface area (Å²) in [5.74, 6) is 0. The normalized spacial score (nSPS) is 9.88. The lowest BCUT2D eigenvalue weighted by Crippen LogP contribution is -1.76. The minimum absolute atomic E-state index is 1.15. The molecular formula is C16H14S. The third kappa shape index (κ3) is 3.11. The van der Waals surface area contributed by atoms with E-state index >= 15 is 0 Å². The number of benzene rings is 2. The molecule has 1 heteroatoms. The molecule has 0 spiro atoms. The van der Waals surface area contributed by atoms with Crippen LogP contribution in [0.4, 0.5) is 0 Å². The monoisotopic (exact) mass is 238 g/mol. The largest absolute Gasteiger partial charge is 0.0985 e. The predicted octanol–water partition coefficient (Wildman–Crippen LogP) is 5.12. The van der Waals surface area contributed by atoms with Gasteiger partial charge in [0.2, 0.25) is 0 Å². The highest BCUT2D eigenvalue weighted by Crippen LogP contribution is 2.28. The Bertz CT molecular complexity index is 457. The summed E-state index contributed by atoms with van der Waals surface area (Å²) in [6, 6.07) is 16.8. The van der Waals surface area contributed by atoms with E-state index in [1.165, 1.54) is 9.79 Å². The topological polar surface area (TPSA) is 0 Å². The Balaban J connectivity index is 2.13. The third-order valence-corrected chi connectivity index (χ3v) is 3.48. The molecule has 0 aliphatic rings. The average molecular weight is 238 g/mol. The summed E-state index contributed by atoms with van der Waals surface area (Å²) in [6.45, 7) is 7.49. The Hall–Kier alpha value is -1.73. The molecule has 0 unspecified atom stereocenters. The Kier molecular flexibility index (Phi) is 3.84. The zero-order chi connectivity index (χ0) is 12.1. The van der Waals surface area contributed by atoms with Crippen molar-refractivity contribution in [1.29, 1.82) is 0 Å². The molecule has 0 aromatic heterocycles. The van der Waals surface area contributed by atoms with Gasteiger partial charge in [0.1, 0.15) is 0 Å². The molecule has 0 nitrogen and oxygen atoms in total. The Morgan fingerprint density at radius 2 is 1.00 bits per heavy atom. The predicted molar refractivity (Wildman–Crippen MR) is 77.2 cm³/mol. The van der Waals surface area contributed by atoms with Gasteiger partial charge in [-0.3, -0.25) is 0 Å². The third-order valence-electron chi connectivity index (χ3n) is 2.47. The van der Waals surface area contributed by atoms with E-state index in [1.807, 2.05) is 12.2 Å². The van der Waals surface area contributed by atoms with Crippen LogP contribution in [0.3, 0.4) is 0 Å². The van der Waals surface area contributed by atoms with Gasteiger partial charge in [0, 0.05) is 9.79 Å². The van der Waals surface area contributed by atoms with Crippen LogP contribution in [0.15, 0.2) is 71.5 Å². The Morgan fingerprint density at radius 3 is 1.29 bits per heavy atom. The quantitative estimate of drug-likeness (QED) is 0.712. The summed E-state index contributed by atoms with van der Waals surface area (Å²) >= 11 is 1.76. The standard InChI is InChI=1S/C16H14S/c1-3-13-5-9-15(10-6-13)17-16-11-7-14(4-2)8-12-16/h3-12H,1-2H2. The van der Waals surface area contributed by atoms with Crippen LogP contribution in [0.5, 0.6) is 0 Å². The van der Waals surface area contributed by atoms with E-state index in [-0.39, 0.29) is 0 Å². The molecule has 0 saturated carbocycles. The van der Waals surface area contributed by atoms with Crippen molar-refractivity contribution in [3.05, 3.63) is 72.8 Å². The number of hydrogen-bond acceptors (Lipinski definition) is 1. The van der Waals surface area contributed by atoms with Crippen molar-refractivity contribution < 1.29 is 0 Å². The number of rotatable bonds is 4. The van der Waals surface area contributed by atoms with E-state index in [0.29, 0.717) is 0 Å². The van der Waals surface area contributed by atoms with Crippen molar-refractivity contribution >= 4 is 23.9 Å². The van der Waals surface area contributed by atoms with Gasteiger partial charge in [-0.1, -0.05) is 61.3 Å². The average Bonchev–Trinajstić information content (AvgIpc) is 2.40. The van der Waals surface area contributed by atoms with Gasteiger partial charge in [-0.2, -0.15) is 0 Å². The van der Waals surface area contributed by atoms with Gasteiger partial charge in [0.05, 0.1) is 0 Å². The van der Waals surface area contributed by atoms with Crippen LogP contribution in [0.2, 0.25) is 0 Å². The fourth-order valence-corrected chi connectivity index (χ4v) is 2.30. The van der Waals surface area contributed by atoms with Crippen molar-refractivity contribution in [1.82, 2.24) is 0 Å². The first-order chi connectivity index (χ1) is 8.31. The minimum atomic E-state index is 1.15. The van der Waals surface area contributed by atoms with Crippen molar-refractivity contribution in [2.75, 3.05) is 0 Å². The first kappa shape index (κ1) is 11.7. The van der Waals surface area contributed by atoms with E-state index in [4.69, 9.17) is 0 Å². The highest BCUT2D eigenvalue weighted by atomic mass is 32.2. The molecule has 0 atom stereocenters. The first-order valence-corrected chi connectivity index (χ1v) is 6.26. The van der Waals surface area contributed by atoms with Crippen LogP contribution >= 0.6 is 11.8 Å². The van der Waals surface area contributed by atoms with Crippen LogP contribution in [0.1, 0.15) is 11.1 Å². The highest BCUT2D eigenvalue weighted by Gasteiger charge is 1.97. The van der Waals surface area contributed by atoms with Gasteiger partial charge < -0.3 is 0 Å². The molecule has 0 amide bonds. The molecule has 84 valence electrons. The Morgan fingerprint density at radius 1 is 0.647 bits per heavy atom. The molecular weight excluding hydrogens is 224 g/mol. The maximum Gasteiger partial charge on any atom is 0.0122 e. The fraction of sp³-hybridized carbons (Fsp3) is 0. The van der Waals surface area contributed by atoms with E-state index in [1.54, 1.807) is 11.8 Å². The second-order valence-corrected chi connectivity index (χ2v) is 4.80. The number of hydrogen-bond donors (Lipinski definition) is 0. The van der Waals surface area contributed by atoms with E-state index in [0.717, 1.165) is 11.1 Å². The molecule has 2 rings (SSSR count). The maximum absolute atomic E-state index is 3.75. The van der Waals surface area contributed by atoms with Crippen LogP contribution in [-0.4, -0.2) is 0 Å². The summed E-state index contributed by atoms with van der Waals surface area (Å²) < 4.78 is 0. The molecule has 0 saturated heterocycles. The van der Waals surface area contributed by atoms with Gasteiger partial charge in [0.25, 0.3) is 0 Å². The second kappa shape index (κ2) is 5.55. The van der Waals surface area contributed by atoms with Crippen molar-refractivity contribution in [2.45, 2.75) is 9.79 Å². The van der Waals surface area contributed by atoms with Crippen LogP contribution in [-0.2, 0) is 0 Å². The van der Waals surface area contributed by atoms with Gasteiger partial charge in [-0.15, -0.1) is 0 Å². The van der Waals surface area contributed by atoms with E-state index < -0.39 is 0 Å². The molecule has 0 fully saturated rings. The van der Waals surface area contributed by atoms with E-state index in [2.05, 4.69) is 61.7 Å². The fourth-order valence-electron chi connectivity index (χ4n) is 1.48. The molecule has 0 N–H and O–H groups in total. The Labute approximate surface area is 107 Å². The summed E-state index contributed by atoms with van der Waals surface area (Å²) in [4.78, 5) is 2.48. The minimum Gasteiger partial charge on any atom is -0.0985 e. The highest BCUT2D eigenvalue weighted by molar-refractivity contribution is 7.99. The molecule has 2 aromatic rings. The van der Waals surface area contributed by atoms with Crippen LogP contribution < -0.4 is 0 Å². The summed E-state index contributed by atoms with van der Waals surface area (Å²) in [5.41, 5.74) is 2.30. The molecule has 0 aliphatic heterocycles. The summed E-state index contributed by atoms with van der Waals surface area (Å²) in [6.07, 6.45) is 3.71. The van der Waals surface area contributed by atoms with Gasteiger partial charge >= 0.3 is 0 Å². The lowest BCUT2D eigenvalue weighted by Gasteiger charge is -2.02. The molecule has 17 heavy (non-hydrogen) atoms. The van der Waals surface area contributed by atoms with Gasteiger partial charge in [-0.05, 0) is 35.4 Å². The zero-order valence-corrected chi connectivity index (χ0v) is 10.4.